The van der Waals surface area contributed by atoms with Gasteiger partial charge in [-0.1, -0.05) is 161 Å². The van der Waals surface area contributed by atoms with E-state index in [4.69, 9.17) is 4.74 Å². The molecule has 0 atom stereocenters. The Bertz CT molecular complexity index is 384. The summed E-state index contributed by atoms with van der Waals surface area (Å²) in [6, 6.07) is 0. The lowest BCUT2D eigenvalue weighted by Crippen LogP contribution is -1.92. The molecular formula is C31H60O. The van der Waals surface area contributed by atoms with Crippen molar-refractivity contribution in [2.75, 3.05) is 6.61 Å². The zero-order chi connectivity index (χ0) is 23.4. The van der Waals surface area contributed by atoms with E-state index >= 15 is 0 Å². The van der Waals surface area contributed by atoms with Crippen molar-refractivity contribution in [2.24, 2.45) is 0 Å². The highest BCUT2D eigenvalue weighted by Gasteiger charge is 1.95. The summed E-state index contributed by atoms with van der Waals surface area (Å²) in [5.41, 5.74) is 0. The Balaban J connectivity index is 3.19. The van der Waals surface area contributed by atoms with Gasteiger partial charge >= 0.3 is 0 Å². The van der Waals surface area contributed by atoms with Crippen LogP contribution in [0.15, 0.2) is 24.5 Å². The zero-order valence-corrected chi connectivity index (χ0v) is 22.4. The highest BCUT2D eigenvalue weighted by Crippen LogP contribution is 2.14. The molecule has 0 rings (SSSR count). The zero-order valence-electron chi connectivity index (χ0n) is 22.4. The van der Waals surface area contributed by atoms with E-state index < -0.39 is 0 Å². The fourth-order valence-electron chi connectivity index (χ4n) is 4.34. The van der Waals surface area contributed by atoms with Crippen LogP contribution in [-0.2, 0) is 4.74 Å². The summed E-state index contributed by atoms with van der Waals surface area (Å²) in [6.45, 7) is 9.42. The molecule has 0 saturated carbocycles. The Morgan fingerprint density at radius 1 is 0.500 bits per heavy atom. The van der Waals surface area contributed by atoms with Crippen LogP contribution in [0, 0.1) is 0 Å². The fraction of sp³-hybridized carbons (Fsp3) is 0.871. The van der Waals surface area contributed by atoms with Gasteiger partial charge < -0.3 is 4.74 Å². The van der Waals surface area contributed by atoms with E-state index in [1.165, 1.54) is 141 Å². The van der Waals surface area contributed by atoms with Gasteiger partial charge in [0.25, 0.3) is 0 Å². The molecule has 0 aromatic rings. The van der Waals surface area contributed by atoms with Crippen molar-refractivity contribution >= 4 is 0 Å². The minimum Gasteiger partial charge on any atom is -0.494 e. The largest absolute Gasteiger partial charge is 0.494 e. The third-order valence-corrected chi connectivity index (χ3v) is 6.56. The van der Waals surface area contributed by atoms with Crippen molar-refractivity contribution in [2.45, 2.75) is 168 Å². The van der Waals surface area contributed by atoms with E-state index in [-0.39, 0.29) is 0 Å². The van der Waals surface area contributed by atoms with E-state index in [0.717, 1.165) is 25.2 Å². The van der Waals surface area contributed by atoms with E-state index in [0.29, 0.717) is 0 Å². The predicted octanol–water partition coefficient (Wildman–Crippen LogP) is 11.5. The molecule has 0 heterocycles. The molecule has 0 aliphatic carbocycles. The quantitative estimate of drug-likeness (QED) is 0.0689. The minimum atomic E-state index is 0.829. The highest BCUT2D eigenvalue weighted by atomic mass is 16.5. The van der Waals surface area contributed by atoms with Gasteiger partial charge in [0.2, 0.25) is 0 Å². The Kier molecular flexibility index (Phi) is 27.7. The van der Waals surface area contributed by atoms with Crippen LogP contribution in [0.2, 0.25) is 0 Å². The number of unbranched alkanes of at least 4 members (excludes halogenated alkanes) is 22. The van der Waals surface area contributed by atoms with Crippen molar-refractivity contribution in [3.05, 3.63) is 24.5 Å². The van der Waals surface area contributed by atoms with E-state index in [2.05, 4.69) is 32.6 Å². The first-order valence-corrected chi connectivity index (χ1v) is 14.8. The van der Waals surface area contributed by atoms with Gasteiger partial charge in [-0.2, -0.15) is 0 Å². The summed E-state index contributed by atoms with van der Waals surface area (Å²) in [5.74, 6) is 0.840. The minimum absolute atomic E-state index is 0.829. The third kappa shape index (κ3) is 27.3. The Morgan fingerprint density at radius 3 is 1.25 bits per heavy atom. The molecule has 0 bridgehead atoms. The summed E-state index contributed by atoms with van der Waals surface area (Å²) < 4.78 is 5.72. The number of allylic oxidation sites excluding steroid dienone is 2. The smallest absolute Gasteiger partial charge is 0.111 e. The molecule has 0 aromatic carbocycles. The van der Waals surface area contributed by atoms with Crippen LogP contribution >= 0.6 is 0 Å². The molecule has 0 N–H and O–H groups in total. The lowest BCUT2D eigenvalue weighted by Gasteiger charge is -2.05. The molecule has 32 heavy (non-hydrogen) atoms. The van der Waals surface area contributed by atoms with Gasteiger partial charge in [0.15, 0.2) is 0 Å². The van der Waals surface area contributed by atoms with Gasteiger partial charge in [-0.3, -0.25) is 0 Å². The van der Waals surface area contributed by atoms with Gasteiger partial charge in [-0.15, -0.1) is 0 Å². The van der Waals surface area contributed by atoms with Crippen LogP contribution in [0.3, 0.4) is 0 Å². The molecule has 0 aliphatic heterocycles. The number of hydrogen-bond acceptors (Lipinski definition) is 1. The average molecular weight is 449 g/mol. The van der Waals surface area contributed by atoms with Gasteiger partial charge in [-0.25, -0.2) is 0 Å². The van der Waals surface area contributed by atoms with Crippen molar-refractivity contribution in [3.63, 3.8) is 0 Å². The third-order valence-electron chi connectivity index (χ3n) is 6.56. The second-order valence-corrected chi connectivity index (χ2v) is 9.93. The summed E-state index contributed by atoms with van der Waals surface area (Å²) in [7, 11) is 0. The maximum Gasteiger partial charge on any atom is 0.111 e. The van der Waals surface area contributed by atoms with Crippen LogP contribution in [0.1, 0.15) is 168 Å². The molecule has 1 nitrogen and oxygen atoms in total. The Hall–Kier alpha value is -0.720. The van der Waals surface area contributed by atoms with E-state index in [1.807, 2.05) is 0 Å². The topological polar surface area (TPSA) is 9.23 Å². The lowest BCUT2D eigenvalue weighted by atomic mass is 10.0. The molecular weight excluding hydrogens is 388 g/mol. The molecule has 0 fully saturated rings. The predicted molar refractivity (Wildman–Crippen MR) is 146 cm³/mol. The summed E-state index contributed by atoms with van der Waals surface area (Å²) in [6.07, 6.45) is 37.7. The molecule has 0 unspecified atom stereocenters. The van der Waals surface area contributed by atoms with Gasteiger partial charge in [-0.05, 0) is 25.3 Å². The number of hydrogen-bond donors (Lipinski definition) is 0. The number of rotatable bonds is 27. The second-order valence-electron chi connectivity index (χ2n) is 9.93. The van der Waals surface area contributed by atoms with Crippen molar-refractivity contribution in [1.82, 2.24) is 0 Å². The monoisotopic (exact) mass is 448 g/mol. The van der Waals surface area contributed by atoms with Crippen molar-refractivity contribution in [3.8, 4) is 0 Å². The maximum atomic E-state index is 5.72. The van der Waals surface area contributed by atoms with Crippen LogP contribution in [0.4, 0.5) is 0 Å². The lowest BCUT2D eigenvalue weighted by molar-refractivity contribution is 0.218. The SMILES string of the molecule is C=C(/C=C/CCCCCCCCCCCCCCCCCC)OCCCCCCCCC. The highest BCUT2D eigenvalue weighted by molar-refractivity contribution is 5.06. The first-order chi connectivity index (χ1) is 15.8. The molecule has 0 aliphatic rings. The summed E-state index contributed by atoms with van der Waals surface area (Å²) >= 11 is 0. The molecule has 0 aromatic heterocycles. The average Bonchev–Trinajstić information content (AvgIpc) is 2.80. The van der Waals surface area contributed by atoms with Gasteiger partial charge in [0, 0.05) is 0 Å². The molecule has 190 valence electrons. The van der Waals surface area contributed by atoms with E-state index in [9.17, 15) is 0 Å². The molecule has 1 heteroatoms. The Labute approximate surface area is 203 Å². The first-order valence-electron chi connectivity index (χ1n) is 14.8. The molecule has 0 radical (unpaired) electrons. The molecule has 0 saturated heterocycles. The van der Waals surface area contributed by atoms with Gasteiger partial charge in [0.1, 0.15) is 5.76 Å². The van der Waals surface area contributed by atoms with Gasteiger partial charge in [0.05, 0.1) is 6.61 Å². The Morgan fingerprint density at radius 2 is 0.844 bits per heavy atom. The van der Waals surface area contributed by atoms with Crippen LogP contribution in [0.25, 0.3) is 0 Å². The van der Waals surface area contributed by atoms with Crippen LogP contribution in [-0.4, -0.2) is 6.61 Å². The van der Waals surface area contributed by atoms with Crippen molar-refractivity contribution in [1.29, 1.82) is 0 Å². The fourth-order valence-corrected chi connectivity index (χ4v) is 4.34. The molecule has 0 amide bonds. The standard InChI is InChI=1S/C31H60O/c1-4-6-8-10-12-13-14-15-16-17-18-19-20-21-22-23-25-27-29-31(3)32-30-28-26-24-11-9-7-5-2/h27,29H,3-26,28,30H2,1-2H3/b29-27+. The molecule has 0 spiro atoms. The van der Waals surface area contributed by atoms with Crippen LogP contribution in [0.5, 0.6) is 0 Å². The van der Waals surface area contributed by atoms with Crippen molar-refractivity contribution < 1.29 is 4.74 Å². The summed E-state index contributed by atoms with van der Waals surface area (Å²) in [5, 5.41) is 0. The van der Waals surface area contributed by atoms with E-state index in [1.54, 1.807) is 0 Å². The number of ether oxygens (including phenoxy) is 1. The maximum absolute atomic E-state index is 5.72. The second kappa shape index (κ2) is 28.3. The summed E-state index contributed by atoms with van der Waals surface area (Å²) in [4.78, 5) is 0. The first kappa shape index (κ1) is 31.3. The van der Waals surface area contributed by atoms with Crippen LogP contribution < -0.4 is 0 Å². The normalized spacial score (nSPS) is 11.4.